The minimum atomic E-state index is -0.331. The van der Waals surface area contributed by atoms with E-state index < -0.39 is 0 Å². The first-order valence-corrected chi connectivity index (χ1v) is 3.71. The van der Waals surface area contributed by atoms with E-state index in [2.05, 4.69) is 6.58 Å². The number of carbonyl (C=O) groups is 1. The summed E-state index contributed by atoms with van der Waals surface area (Å²) in [6, 6.07) is 0. The molecule has 12 heavy (non-hydrogen) atoms. The van der Waals surface area contributed by atoms with Crippen molar-refractivity contribution in [2.45, 2.75) is 6.29 Å². The fourth-order valence-corrected chi connectivity index (χ4v) is 1.07. The zero-order valence-corrected chi connectivity index (χ0v) is 7.37. The maximum absolute atomic E-state index is 11.0. The summed E-state index contributed by atoms with van der Waals surface area (Å²) in [6.07, 6.45) is -0.331. The molecule has 68 valence electrons. The summed E-state index contributed by atoms with van der Waals surface area (Å²) < 4.78 is 9.89. The Morgan fingerprint density at radius 3 is 2.50 bits per heavy atom. The number of rotatable bonds is 4. The minimum absolute atomic E-state index is 0.00546. The molecular formula is C8H13NO3. The van der Waals surface area contributed by atoms with Gasteiger partial charge in [0.15, 0.2) is 6.29 Å². The van der Waals surface area contributed by atoms with E-state index in [1.165, 1.54) is 0 Å². The SMILES string of the molecule is C=C1CN(CC(OC)OC)C1=O. The van der Waals surface area contributed by atoms with E-state index in [0.717, 1.165) is 0 Å². The number of hydrogen-bond acceptors (Lipinski definition) is 3. The molecule has 0 radical (unpaired) electrons. The van der Waals surface area contributed by atoms with Crippen LogP contribution in [0.25, 0.3) is 0 Å². The molecule has 1 aliphatic heterocycles. The molecule has 0 N–H and O–H groups in total. The highest BCUT2D eigenvalue weighted by Gasteiger charge is 2.30. The molecule has 1 aliphatic rings. The Hall–Kier alpha value is -0.870. The van der Waals surface area contributed by atoms with Crippen molar-refractivity contribution in [1.82, 2.24) is 4.90 Å². The highest BCUT2D eigenvalue weighted by Crippen LogP contribution is 2.14. The second kappa shape index (κ2) is 3.69. The Kier molecular flexibility index (Phi) is 2.83. The Balaban J connectivity index is 2.32. The molecular weight excluding hydrogens is 158 g/mol. The van der Waals surface area contributed by atoms with Crippen molar-refractivity contribution in [3.63, 3.8) is 0 Å². The van der Waals surface area contributed by atoms with Crippen LogP contribution in [0.4, 0.5) is 0 Å². The molecule has 0 unspecified atom stereocenters. The van der Waals surface area contributed by atoms with Gasteiger partial charge in [-0.2, -0.15) is 0 Å². The van der Waals surface area contributed by atoms with E-state index in [1.54, 1.807) is 19.1 Å². The number of hydrogen-bond donors (Lipinski definition) is 0. The predicted octanol–water partition coefficient (Wildman–Crippen LogP) is 0.00370. The lowest BCUT2D eigenvalue weighted by Gasteiger charge is -2.34. The largest absolute Gasteiger partial charge is 0.354 e. The molecule has 0 atom stereocenters. The number of methoxy groups -OCH3 is 2. The monoisotopic (exact) mass is 171 g/mol. The van der Waals surface area contributed by atoms with E-state index in [9.17, 15) is 4.79 Å². The average Bonchev–Trinajstić information content (AvgIpc) is 2.11. The van der Waals surface area contributed by atoms with Gasteiger partial charge in [0.1, 0.15) is 0 Å². The lowest BCUT2D eigenvalue weighted by atomic mass is 10.1. The quantitative estimate of drug-likeness (QED) is 0.339. The standard InChI is InChI=1S/C8H13NO3/c1-6-4-9(8(6)10)5-7(11-2)12-3/h7H,1,4-5H2,2-3H3. The molecule has 0 bridgehead atoms. The molecule has 0 aromatic heterocycles. The van der Waals surface area contributed by atoms with Crippen molar-refractivity contribution in [1.29, 1.82) is 0 Å². The summed E-state index contributed by atoms with van der Waals surface area (Å²) in [7, 11) is 3.10. The molecule has 1 fully saturated rings. The second-order valence-corrected chi connectivity index (χ2v) is 2.69. The number of nitrogens with zero attached hydrogens (tertiary/aromatic N) is 1. The van der Waals surface area contributed by atoms with Gasteiger partial charge in [-0.3, -0.25) is 4.79 Å². The van der Waals surface area contributed by atoms with Crippen LogP contribution in [0, 0.1) is 0 Å². The van der Waals surface area contributed by atoms with E-state index in [-0.39, 0.29) is 12.2 Å². The third-order valence-corrected chi connectivity index (χ3v) is 1.87. The molecule has 1 heterocycles. The fraction of sp³-hybridized carbons (Fsp3) is 0.625. The van der Waals surface area contributed by atoms with Crippen molar-refractivity contribution in [3.8, 4) is 0 Å². The lowest BCUT2D eigenvalue weighted by Crippen LogP contribution is -2.49. The molecule has 0 saturated carbocycles. The minimum Gasteiger partial charge on any atom is -0.354 e. The maximum Gasteiger partial charge on any atom is 0.251 e. The molecule has 0 aliphatic carbocycles. The van der Waals surface area contributed by atoms with Crippen LogP contribution in [0.5, 0.6) is 0 Å². The summed E-state index contributed by atoms with van der Waals surface area (Å²) in [4.78, 5) is 12.7. The van der Waals surface area contributed by atoms with Gasteiger partial charge in [0.05, 0.1) is 13.1 Å². The average molecular weight is 171 g/mol. The van der Waals surface area contributed by atoms with Crippen molar-refractivity contribution < 1.29 is 14.3 Å². The van der Waals surface area contributed by atoms with Gasteiger partial charge < -0.3 is 14.4 Å². The molecule has 4 nitrogen and oxygen atoms in total. The van der Waals surface area contributed by atoms with Crippen LogP contribution in [0.3, 0.4) is 0 Å². The van der Waals surface area contributed by atoms with Crippen LogP contribution < -0.4 is 0 Å². The van der Waals surface area contributed by atoms with Gasteiger partial charge in [0, 0.05) is 19.8 Å². The molecule has 1 rings (SSSR count). The van der Waals surface area contributed by atoms with E-state index in [0.29, 0.717) is 18.7 Å². The zero-order valence-electron chi connectivity index (χ0n) is 7.37. The Bertz CT molecular complexity index is 198. The van der Waals surface area contributed by atoms with E-state index >= 15 is 0 Å². The first-order valence-electron chi connectivity index (χ1n) is 3.71. The molecule has 1 saturated heterocycles. The van der Waals surface area contributed by atoms with Crippen molar-refractivity contribution in [3.05, 3.63) is 12.2 Å². The second-order valence-electron chi connectivity index (χ2n) is 2.69. The number of ether oxygens (including phenoxy) is 2. The molecule has 0 aromatic rings. The van der Waals surface area contributed by atoms with Crippen LogP contribution in [-0.4, -0.2) is 44.4 Å². The number of amides is 1. The molecule has 1 amide bonds. The third kappa shape index (κ3) is 1.65. The number of carbonyl (C=O) groups excluding carboxylic acids is 1. The lowest BCUT2D eigenvalue weighted by molar-refractivity contribution is -0.148. The van der Waals surface area contributed by atoms with Crippen LogP contribution >= 0.6 is 0 Å². The highest BCUT2D eigenvalue weighted by molar-refractivity contribution is 5.99. The van der Waals surface area contributed by atoms with E-state index in [4.69, 9.17) is 9.47 Å². The number of β-lactam (4-membered cyclic amide) rings is 1. The van der Waals surface area contributed by atoms with Gasteiger partial charge in [-0.15, -0.1) is 0 Å². The topological polar surface area (TPSA) is 38.8 Å². The fourth-order valence-electron chi connectivity index (χ4n) is 1.07. The summed E-state index contributed by atoms with van der Waals surface area (Å²) in [5, 5.41) is 0. The normalized spacial score (nSPS) is 17.1. The highest BCUT2D eigenvalue weighted by atomic mass is 16.7. The Labute approximate surface area is 71.7 Å². The van der Waals surface area contributed by atoms with Crippen molar-refractivity contribution >= 4 is 5.91 Å². The van der Waals surface area contributed by atoms with Gasteiger partial charge in [0.25, 0.3) is 5.91 Å². The van der Waals surface area contributed by atoms with Gasteiger partial charge in [-0.05, 0) is 0 Å². The van der Waals surface area contributed by atoms with Crippen LogP contribution in [0.2, 0.25) is 0 Å². The first-order chi connectivity index (χ1) is 5.69. The third-order valence-electron chi connectivity index (χ3n) is 1.87. The van der Waals surface area contributed by atoms with Crippen molar-refractivity contribution in [2.24, 2.45) is 0 Å². The summed E-state index contributed by atoms with van der Waals surface area (Å²) in [5.74, 6) is -0.00546. The smallest absolute Gasteiger partial charge is 0.251 e. The van der Waals surface area contributed by atoms with Gasteiger partial charge in [-0.1, -0.05) is 6.58 Å². The van der Waals surface area contributed by atoms with Crippen LogP contribution in [0.1, 0.15) is 0 Å². The maximum atomic E-state index is 11.0. The predicted molar refractivity (Wildman–Crippen MR) is 43.5 cm³/mol. The Morgan fingerprint density at radius 1 is 1.58 bits per heavy atom. The van der Waals surface area contributed by atoms with E-state index in [1.807, 2.05) is 0 Å². The van der Waals surface area contributed by atoms with Gasteiger partial charge >= 0.3 is 0 Å². The number of likely N-dealkylation sites (tertiary alicyclic amines) is 1. The zero-order chi connectivity index (χ0) is 9.14. The van der Waals surface area contributed by atoms with Gasteiger partial charge in [0.2, 0.25) is 0 Å². The molecule has 0 aromatic carbocycles. The van der Waals surface area contributed by atoms with Crippen molar-refractivity contribution in [2.75, 3.05) is 27.3 Å². The summed E-state index contributed by atoms with van der Waals surface area (Å²) in [5.41, 5.74) is 0.654. The van der Waals surface area contributed by atoms with Gasteiger partial charge in [-0.25, -0.2) is 0 Å². The summed E-state index contributed by atoms with van der Waals surface area (Å²) >= 11 is 0. The molecule has 0 spiro atoms. The van der Waals surface area contributed by atoms with Crippen LogP contribution in [0.15, 0.2) is 12.2 Å². The first kappa shape index (κ1) is 9.22. The molecule has 4 heteroatoms. The Morgan fingerprint density at radius 2 is 2.17 bits per heavy atom. The van der Waals surface area contributed by atoms with Crippen LogP contribution in [-0.2, 0) is 14.3 Å². The summed E-state index contributed by atoms with van der Waals surface area (Å²) in [6.45, 7) is 4.68.